The molecule has 0 radical (unpaired) electrons. The number of rotatable bonds is 3. The number of amides is 1. The van der Waals surface area contributed by atoms with Crippen molar-refractivity contribution < 1.29 is 31.5 Å². The Bertz CT molecular complexity index is 782. The highest BCUT2D eigenvalue weighted by atomic mass is 19.4. The smallest absolute Gasteiger partial charge is 0.416 e. The van der Waals surface area contributed by atoms with Crippen molar-refractivity contribution >= 4 is 6.09 Å². The lowest BCUT2D eigenvalue weighted by atomic mass is 9.73. The Kier molecular flexibility index (Phi) is 8.41. The summed E-state index contributed by atoms with van der Waals surface area (Å²) in [5, 5.41) is 0. The molecule has 1 aromatic rings. The van der Waals surface area contributed by atoms with Gasteiger partial charge < -0.3 is 9.64 Å². The number of nitrogens with zero attached hydrogens (tertiary/aromatic N) is 2. The number of ether oxygens (including phenoxy) is 1. The van der Waals surface area contributed by atoms with Crippen molar-refractivity contribution in [2.24, 2.45) is 5.92 Å². The zero-order chi connectivity index (χ0) is 25.2. The number of carbonyl (C=O) groups excluding carboxylic acids is 1. The number of piperazine rings is 1. The fourth-order valence-electron chi connectivity index (χ4n) is 4.41. The standard InChI is InChI=1S/C22H29F5N2O2.C2H6/c1-14-13-28(9-10-29(14)19(30)31-20(2,3)4)18(16-11-21(23,24)12-16)15-5-7-17(8-6-15)22(25,26)27;1-2/h5-8,14,16,18H,9-13H2,1-4H3;1-2H3. The van der Waals surface area contributed by atoms with Crippen LogP contribution < -0.4 is 0 Å². The van der Waals surface area contributed by atoms with E-state index < -0.39 is 35.4 Å². The highest BCUT2D eigenvalue weighted by molar-refractivity contribution is 5.68. The molecule has 0 aromatic heterocycles. The summed E-state index contributed by atoms with van der Waals surface area (Å²) in [4.78, 5) is 16.1. The molecular formula is C24H35F5N2O2. The Morgan fingerprint density at radius 2 is 1.61 bits per heavy atom. The summed E-state index contributed by atoms with van der Waals surface area (Å²) in [5.74, 6) is -3.09. The quantitative estimate of drug-likeness (QED) is 0.450. The molecule has 2 atom stereocenters. The zero-order valence-electron chi connectivity index (χ0n) is 20.2. The van der Waals surface area contributed by atoms with Crippen LogP contribution in [0.15, 0.2) is 24.3 Å². The second-order valence-electron chi connectivity index (χ2n) is 9.61. The van der Waals surface area contributed by atoms with E-state index in [0.29, 0.717) is 25.2 Å². The van der Waals surface area contributed by atoms with E-state index in [4.69, 9.17) is 4.74 Å². The molecule has 0 N–H and O–H groups in total. The molecule has 0 bridgehead atoms. The Morgan fingerprint density at radius 3 is 2.03 bits per heavy atom. The van der Waals surface area contributed by atoms with Crippen LogP contribution in [-0.2, 0) is 10.9 Å². The van der Waals surface area contributed by atoms with Crippen LogP contribution in [0.1, 0.15) is 71.6 Å². The van der Waals surface area contributed by atoms with E-state index in [-0.39, 0.29) is 24.8 Å². The molecule has 1 aliphatic carbocycles. The Balaban J connectivity index is 0.00000187. The SMILES string of the molecule is CC.CC1CN(C(c2ccc(C(F)(F)F)cc2)C2CC(F)(F)C2)CCN1C(=O)OC(C)(C)C. The third kappa shape index (κ3) is 7.04. The van der Waals surface area contributed by atoms with Crippen LogP contribution in [0.4, 0.5) is 26.7 Å². The fraction of sp³-hybridized carbons (Fsp3) is 0.708. The first-order chi connectivity index (χ1) is 15.2. The van der Waals surface area contributed by atoms with Crippen molar-refractivity contribution in [3.05, 3.63) is 35.4 Å². The molecule has 188 valence electrons. The van der Waals surface area contributed by atoms with Gasteiger partial charge in [-0.2, -0.15) is 13.2 Å². The second-order valence-corrected chi connectivity index (χ2v) is 9.61. The van der Waals surface area contributed by atoms with Crippen LogP contribution in [-0.4, -0.2) is 53.1 Å². The zero-order valence-corrected chi connectivity index (χ0v) is 20.2. The average molecular weight is 479 g/mol. The second kappa shape index (κ2) is 10.2. The first-order valence-corrected chi connectivity index (χ1v) is 11.4. The average Bonchev–Trinajstić information content (AvgIpc) is 2.67. The molecule has 2 unspecified atom stereocenters. The molecule has 1 saturated carbocycles. The number of carbonyl (C=O) groups is 1. The van der Waals surface area contributed by atoms with Crippen LogP contribution in [0.2, 0.25) is 0 Å². The Morgan fingerprint density at radius 1 is 1.06 bits per heavy atom. The molecule has 33 heavy (non-hydrogen) atoms. The number of hydrogen-bond acceptors (Lipinski definition) is 3. The van der Waals surface area contributed by atoms with Crippen molar-refractivity contribution in [2.75, 3.05) is 19.6 Å². The minimum absolute atomic E-state index is 0.221. The summed E-state index contributed by atoms with van der Waals surface area (Å²) in [7, 11) is 0. The van der Waals surface area contributed by atoms with Gasteiger partial charge in [0.15, 0.2) is 0 Å². The van der Waals surface area contributed by atoms with Gasteiger partial charge in [-0.3, -0.25) is 4.90 Å². The van der Waals surface area contributed by atoms with Crippen molar-refractivity contribution in [1.29, 1.82) is 0 Å². The molecule has 1 saturated heterocycles. The van der Waals surface area contributed by atoms with Gasteiger partial charge in [0, 0.05) is 44.6 Å². The molecule has 1 heterocycles. The number of hydrogen-bond donors (Lipinski definition) is 0. The van der Waals surface area contributed by atoms with Crippen molar-refractivity contribution in [1.82, 2.24) is 9.80 Å². The molecule has 2 fully saturated rings. The Labute approximate surface area is 193 Å². The normalized spacial score (nSPS) is 22.6. The fourth-order valence-corrected chi connectivity index (χ4v) is 4.41. The summed E-state index contributed by atoms with van der Waals surface area (Å²) in [5.41, 5.74) is -0.808. The van der Waals surface area contributed by atoms with Crippen molar-refractivity contribution in [3.63, 3.8) is 0 Å². The number of halogens is 5. The first-order valence-electron chi connectivity index (χ1n) is 11.4. The lowest BCUT2D eigenvalue weighted by molar-refractivity contribution is -0.137. The Hall–Kier alpha value is -1.90. The van der Waals surface area contributed by atoms with Gasteiger partial charge in [-0.1, -0.05) is 26.0 Å². The predicted molar refractivity (Wildman–Crippen MR) is 117 cm³/mol. The van der Waals surface area contributed by atoms with Crippen LogP contribution in [0.3, 0.4) is 0 Å². The molecule has 1 aliphatic heterocycles. The summed E-state index contributed by atoms with van der Waals surface area (Å²) in [6.07, 6.45) is -5.47. The molecule has 9 heteroatoms. The van der Waals surface area contributed by atoms with E-state index in [1.54, 1.807) is 25.7 Å². The van der Waals surface area contributed by atoms with E-state index in [0.717, 1.165) is 12.1 Å². The van der Waals surface area contributed by atoms with Gasteiger partial charge in [0.05, 0.1) is 5.56 Å². The third-order valence-corrected chi connectivity index (χ3v) is 5.83. The van der Waals surface area contributed by atoms with Gasteiger partial charge in [-0.05, 0) is 51.3 Å². The largest absolute Gasteiger partial charge is 0.444 e. The van der Waals surface area contributed by atoms with Crippen LogP contribution >= 0.6 is 0 Å². The maximum absolute atomic E-state index is 13.6. The lowest BCUT2D eigenvalue weighted by Gasteiger charge is -2.49. The van der Waals surface area contributed by atoms with Gasteiger partial charge >= 0.3 is 12.3 Å². The van der Waals surface area contributed by atoms with E-state index >= 15 is 0 Å². The van der Waals surface area contributed by atoms with Crippen LogP contribution in [0, 0.1) is 5.92 Å². The minimum atomic E-state index is -4.45. The maximum Gasteiger partial charge on any atom is 0.416 e. The first kappa shape index (κ1) is 27.3. The van der Waals surface area contributed by atoms with Gasteiger partial charge in [-0.25, -0.2) is 13.6 Å². The number of alkyl halides is 5. The highest BCUT2D eigenvalue weighted by Gasteiger charge is 2.51. The summed E-state index contributed by atoms with van der Waals surface area (Å²) in [6, 6.07) is 4.12. The molecule has 0 spiro atoms. The van der Waals surface area contributed by atoms with Crippen LogP contribution in [0.5, 0.6) is 0 Å². The summed E-state index contributed by atoms with van der Waals surface area (Å²) >= 11 is 0. The molecule has 1 amide bonds. The molecule has 3 rings (SSSR count). The maximum atomic E-state index is 13.6. The minimum Gasteiger partial charge on any atom is -0.444 e. The van der Waals surface area contributed by atoms with E-state index in [1.807, 2.05) is 25.7 Å². The lowest BCUT2D eigenvalue weighted by Crippen LogP contribution is -2.57. The van der Waals surface area contributed by atoms with Crippen molar-refractivity contribution in [2.45, 2.75) is 84.2 Å². The summed E-state index contributed by atoms with van der Waals surface area (Å²) in [6.45, 7) is 12.4. The van der Waals surface area contributed by atoms with Gasteiger partial charge in [0.2, 0.25) is 5.92 Å². The van der Waals surface area contributed by atoms with E-state index in [1.165, 1.54) is 12.1 Å². The molecular weight excluding hydrogens is 443 g/mol. The third-order valence-electron chi connectivity index (χ3n) is 5.83. The summed E-state index contributed by atoms with van der Waals surface area (Å²) < 4.78 is 71.5. The topological polar surface area (TPSA) is 32.8 Å². The molecule has 2 aliphatic rings. The van der Waals surface area contributed by atoms with E-state index in [2.05, 4.69) is 0 Å². The van der Waals surface area contributed by atoms with Gasteiger partial charge in [-0.15, -0.1) is 0 Å². The van der Waals surface area contributed by atoms with Crippen LogP contribution in [0.25, 0.3) is 0 Å². The monoisotopic (exact) mass is 478 g/mol. The van der Waals surface area contributed by atoms with E-state index in [9.17, 15) is 26.7 Å². The molecule has 1 aromatic carbocycles. The van der Waals surface area contributed by atoms with Gasteiger partial charge in [0.25, 0.3) is 0 Å². The van der Waals surface area contributed by atoms with Crippen molar-refractivity contribution in [3.8, 4) is 0 Å². The molecule has 4 nitrogen and oxygen atoms in total. The predicted octanol–water partition coefficient (Wildman–Crippen LogP) is 6.76. The van der Waals surface area contributed by atoms with Gasteiger partial charge in [0.1, 0.15) is 5.60 Å². The number of benzene rings is 1. The highest BCUT2D eigenvalue weighted by Crippen LogP contribution is 2.50.